The van der Waals surface area contributed by atoms with Crippen LogP contribution in [0.25, 0.3) is 22.0 Å². The number of para-hydroxylation sites is 1. The van der Waals surface area contributed by atoms with Gasteiger partial charge in [0.25, 0.3) is 0 Å². The summed E-state index contributed by atoms with van der Waals surface area (Å²) in [6.45, 7) is 0.704. The first-order chi connectivity index (χ1) is 14.8. The first-order valence-corrected chi connectivity index (χ1v) is 10.1. The molecular weight excluding hydrogens is 372 g/mol. The van der Waals surface area contributed by atoms with Gasteiger partial charge in [-0.2, -0.15) is 0 Å². The molecule has 30 heavy (non-hydrogen) atoms. The molecule has 0 amide bonds. The molecule has 0 saturated carbocycles. The minimum absolute atomic E-state index is 0.324. The molecule has 1 aliphatic heterocycles. The highest BCUT2D eigenvalue weighted by molar-refractivity contribution is 5.83. The van der Waals surface area contributed by atoms with Crippen LogP contribution in [0.5, 0.6) is 0 Å². The maximum atomic E-state index is 12.2. The minimum atomic E-state index is -0.324. The number of carbonyl (C=O) groups is 1. The Balaban J connectivity index is 1.45. The summed E-state index contributed by atoms with van der Waals surface area (Å²) in [4.78, 5) is 21.1. The van der Waals surface area contributed by atoms with E-state index in [0.29, 0.717) is 6.54 Å². The molecule has 2 aromatic carbocycles. The zero-order valence-electron chi connectivity index (χ0n) is 16.8. The van der Waals surface area contributed by atoms with E-state index >= 15 is 0 Å². The smallest absolute Gasteiger partial charge is 0.143 e. The summed E-state index contributed by atoms with van der Waals surface area (Å²) in [7, 11) is 2.02. The van der Waals surface area contributed by atoms with Crippen LogP contribution in [-0.4, -0.2) is 34.9 Å². The quantitative estimate of drug-likeness (QED) is 0.468. The highest BCUT2D eigenvalue weighted by Gasteiger charge is 2.36. The number of rotatable bonds is 5. The Morgan fingerprint density at radius 2 is 1.80 bits per heavy atom. The van der Waals surface area contributed by atoms with Gasteiger partial charge < -0.3 is 9.80 Å². The van der Waals surface area contributed by atoms with Crippen molar-refractivity contribution in [3.63, 3.8) is 0 Å². The molecule has 0 N–H and O–H groups in total. The zero-order valence-corrected chi connectivity index (χ0v) is 16.8. The molecule has 0 radical (unpaired) electrons. The van der Waals surface area contributed by atoms with Gasteiger partial charge in [-0.15, -0.1) is 0 Å². The van der Waals surface area contributed by atoms with Crippen molar-refractivity contribution in [2.45, 2.75) is 12.5 Å². The van der Waals surface area contributed by atoms with Crippen molar-refractivity contribution in [3.8, 4) is 11.1 Å². The van der Waals surface area contributed by atoms with Crippen molar-refractivity contribution in [2.24, 2.45) is 0 Å². The van der Waals surface area contributed by atoms with Gasteiger partial charge in [-0.3, -0.25) is 9.97 Å². The minimum Gasteiger partial charge on any atom is -0.308 e. The van der Waals surface area contributed by atoms with E-state index in [4.69, 9.17) is 4.98 Å². The molecule has 0 bridgehead atoms. The van der Waals surface area contributed by atoms with Crippen molar-refractivity contribution >= 4 is 22.9 Å². The maximum Gasteiger partial charge on any atom is 0.143 e. The first kappa shape index (κ1) is 18.5. The highest BCUT2D eigenvalue weighted by atomic mass is 16.1. The largest absolute Gasteiger partial charge is 0.308 e. The van der Waals surface area contributed by atoms with Gasteiger partial charge in [-0.1, -0.05) is 36.4 Å². The van der Waals surface area contributed by atoms with Gasteiger partial charge in [0.15, 0.2) is 0 Å². The molecule has 2 aromatic heterocycles. The van der Waals surface area contributed by atoms with Crippen molar-refractivity contribution in [1.29, 1.82) is 0 Å². The van der Waals surface area contributed by atoms with E-state index in [9.17, 15) is 4.79 Å². The molecule has 0 fully saturated rings. The highest BCUT2D eigenvalue weighted by Crippen LogP contribution is 2.43. The first-order valence-electron chi connectivity index (χ1n) is 10.1. The number of aromatic nitrogens is 2. The molecule has 148 valence electrons. The van der Waals surface area contributed by atoms with Crippen molar-refractivity contribution in [2.75, 3.05) is 18.6 Å². The average molecular weight is 394 g/mol. The van der Waals surface area contributed by atoms with Crippen LogP contribution in [0.15, 0.2) is 79.1 Å². The molecule has 5 nitrogen and oxygen atoms in total. The Morgan fingerprint density at radius 3 is 2.63 bits per heavy atom. The Hall–Kier alpha value is -3.57. The third kappa shape index (κ3) is 3.13. The number of hydrazine groups is 1. The number of hydrogen-bond acceptors (Lipinski definition) is 5. The standard InChI is InChI=1S/C25H22N4O/c1-28-23-8-4-6-21(18-11-14-26-15-12-18)25(23)24(17-30)29(28)16-13-20-10-9-19-5-2-3-7-22(19)27-20/h2-12,14-15,17,24H,13,16H2,1H3. The topological polar surface area (TPSA) is 49.3 Å². The Bertz CT molecular complexity index is 1210. The number of anilines is 1. The van der Waals surface area contributed by atoms with Gasteiger partial charge in [0.1, 0.15) is 12.3 Å². The van der Waals surface area contributed by atoms with E-state index in [-0.39, 0.29) is 6.04 Å². The summed E-state index contributed by atoms with van der Waals surface area (Å²) in [5, 5.41) is 5.36. The number of hydrogen-bond donors (Lipinski definition) is 0. The average Bonchev–Trinajstić information content (AvgIpc) is 3.09. The van der Waals surface area contributed by atoms with Crippen LogP contribution >= 0.6 is 0 Å². The molecule has 0 spiro atoms. The van der Waals surface area contributed by atoms with Crippen molar-refractivity contribution in [1.82, 2.24) is 15.0 Å². The SMILES string of the molecule is CN1c2cccc(-c3ccncc3)c2C(C=O)N1CCc1ccc2ccccc2n1. The second kappa shape index (κ2) is 7.69. The third-order valence-corrected chi connectivity index (χ3v) is 5.81. The van der Waals surface area contributed by atoms with Crippen molar-refractivity contribution < 1.29 is 4.79 Å². The third-order valence-electron chi connectivity index (χ3n) is 5.81. The lowest BCUT2D eigenvalue weighted by molar-refractivity contribution is -0.112. The van der Waals surface area contributed by atoms with Crippen LogP contribution in [0.2, 0.25) is 0 Å². The summed E-state index contributed by atoms with van der Waals surface area (Å²) < 4.78 is 0. The maximum absolute atomic E-state index is 12.2. The molecule has 5 rings (SSSR count). The summed E-state index contributed by atoms with van der Waals surface area (Å²) in [6.07, 6.45) is 5.37. The summed E-state index contributed by atoms with van der Waals surface area (Å²) >= 11 is 0. The van der Waals surface area contributed by atoms with Gasteiger partial charge in [0, 0.05) is 49.1 Å². The zero-order chi connectivity index (χ0) is 20.5. The van der Waals surface area contributed by atoms with Gasteiger partial charge in [-0.25, -0.2) is 5.01 Å². The van der Waals surface area contributed by atoms with E-state index in [1.165, 1.54) is 0 Å². The van der Waals surface area contributed by atoms with Crippen LogP contribution in [0.4, 0.5) is 5.69 Å². The van der Waals surface area contributed by atoms with E-state index in [2.05, 4.69) is 45.3 Å². The van der Waals surface area contributed by atoms with Crippen LogP contribution in [-0.2, 0) is 11.2 Å². The Labute approximate surface area is 175 Å². The van der Waals surface area contributed by atoms with Crippen LogP contribution in [0.3, 0.4) is 0 Å². The fraction of sp³-hybridized carbons (Fsp3) is 0.160. The van der Waals surface area contributed by atoms with Gasteiger partial charge in [-0.05, 0) is 41.5 Å². The van der Waals surface area contributed by atoms with Gasteiger partial charge >= 0.3 is 0 Å². The van der Waals surface area contributed by atoms with Gasteiger partial charge in [0.05, 0.1) is 11.2 Å². The molecule has 1 aliphatic rings. The fourth-order valence-corrected chi connectivity index (χ4v) is 4.31. The van der Waals surface area contributed by atoms with Crippen LogP contribution < -0.4 is 5.01 Å². The second-order valence-electron chi connectivity index (χ2n) is 7.49. The van der Waals surface area contributed by atoms with Crippen LogP contribution in [0.1, 0.15) is 17.3 Å². The number of pyridine rings is 2. The van der Waals surface area contributed by atoms with Crippen LogP contribution in [0, 0.1) is 0 Å². The number of nitrogens with zero attached hydrogens (tertiary/aromatic N) is 4. The Morgan fingerprint density at radius 1 is 0.967 bits per heavy atom. The predicted octanol–water partition coefficient (Wildman–Crippen LogP) is 4.45. The van der Waals surface area contributed by atoms with Gasteiger partial charge in [0.2, 0.25) is 0 Å². The molecule has 5 heteroatoms. The lowest BCUT2D eigenvalue weighted by Gasteiger charge is -2.28. The van der Waals surface area contributed by atoms with E-state index in [1.807, 2.05) is 43.4 Å². The predicted molar refractivity (Wildman–Crippen MR) is 119 cm³/mol. The van der Waals surface area contributed by atoms with E-state index < -0.39 is 0 Å². The normalized spacial score (nSPS) is 16.0. The molecule has 1 atom stereocenters. The number of fused-ring (bicyclic) bond motifs is 2. The Kier molecular flexibility index (Phi) is 4.73. The molecule has 1 unspecified atom stereocenters. The molecule has 4 aromatic rings. The molecule has 0 aliphatic carbocycles. The summed E-state index contributed by atoms with van der Waals surface area (Å²) in [5.41, 5.74) is 6.28. The van der Waals surface area contributed by atoms with Crippen molar-refractivity contribution in [3.05, 3.63) is 90.4 Å². The lowest BCUT2D eigenvalue weighted by atomic mass is 9.95. The number of carbonyl (C=O) groups excluding carboxylic acids is 1. The monoisotopic (exact) mass is 394 g/mol. The molecule has 0 saturated heterocycles. The number of aldehydes is 1. The second-order valence-corrected chi connectivity index (χ2v) is 7.49. The summed E-state index contributed by atoms with van der Waals surface area (Å²) in [6, 6.07) is 22.2. The lowest BCUT2D eigenvalue weighted by Crippen LogP contribution is -2.39. The fourth-order valence-electron chi connectivity index (χ4n) is 4.31. The molecule has 3 heterocycles. The molecular formula is C25H22N4O. The summed E-state index contributed by atoms with van der Waals surface area (Å²) in [5.74, 6) is 0. The van der Waals surface area contributed by atoms with E-state index in [1.54, 1.807) is 12.4 Å². The van der Waals surface area contributed by atoms with E-state index in [0.717, 1.165) is 51.7 Å². The number of benzene rings is 2.